The Hall–Kier alpha value is -2.02. The van der Waals surface area contributed by atoms with E-state index in [0.29, 0.717) is 5.75 Å². The number of methoxy groups -OCH3 is 2. The van der Waals surface area contributed by atoms with E-state index in [9.17, 15) is 14.4 Å². The van der Waals surface area contributed by atoms with Crippen molar-refractivity contribution < 1.29 is 28.3 Å². The van der Waals surface area contributed by atoms with Crippen LogP contribution >= 0.6 is 11.8 Å². The molecule has 0 saturated heterocycles. The summed E-state index contributed by atoms with van der Waals surface area (Å²) in [5.74, 6) is -1.10. The molecule has 0 aliphatic rings. The van der Waals surface area contributed by atoms with Crippen LogP contribution in [-0.4, -0.2) is 31.3 Å². The molecule has 1 rings (SSSR count). The van der Waals surface area contributed by atoms with Crippen LogP contribution in [0.5, 0.6) is 0 Å². The van der Waals surface area contributed by atoms with Gasteiger partial charge in [-0.3, -0.25) is 14.4 Å². The number of hydrogen-bond acceptors (Lipinski definition) is 7. The average molecular weight is 326 g/mol. The molecular formula is C15H18O6S. The maximum absolute atomic E-state index is 11.6. The molecule has 0 aliphatic heterocycles. The molecule has 0 aromatic carbocycles. The van der Waals surface area contributed by atoms with Crippen LogP contribution in [0.15, 0.2) is 35.0 Å². The van der Waals surface area contributed by atoms with Crippen molar-refractivity contribution in [3.05, 3.63) is 36.3 Å². The van der Waals surface area contributed by atoms with Gasteiger partial charge in [-0.05, 0) is 18.6 Å². The van der Waals surface area contributed by atoms with E-state index in [1.54, 1.807) is 30.5 Å². The number of rotatable bonds is 8. The van der Waals surface area contributed by atoms with Gasteiger partial charge in [-0.25, -0.2) is 0 Å². The van der Waals surface area contributed by atoms with Gasteiger partial charge < -0.3 is 13.9 Å². The first-order chi connectivity index (χ1) is 10.6. The molecular weight excluding hydrogens is 308 g/mol. The Balaban J connectivity index is 2.35. The Labute approximate surface area is 132 Å². The first-order valence-corrected chi connectivity index (χ1v) is 7.55. The Morgan fingerprint density at radius 1 is 1.23 bits per heavy atom. The van der Waals surface area contributed by atoms with Crippen molar-refractivity contribution >= 4 is 28.8 Å². The molecule has 120 valence electrons. The summed E-state index contributed by atoms with van der Waals surface area (Å²) in [5.41, 5.74) is 0. The second-order valence-corrected chi connectivity index (χ2v) is 5.28. The molecule has 1 aromatic rings. The molecule has 0 amide bonds. The van der Waals surface area contributed by atoms with Crippen molar-refractivity contribution in [1.82, 2.24) is 0 Å². The lowest BCUT2D eigenvalue weighted by Gasteiger charge is -2.09. The molecule has 0 spiro atoms. The quantitative estimate of drug-likeness (QED) is 0.412. The van der Waals surface area contributed by atoms with Gasteiger partial charge in [0.25, 0.3) is 0 Å². The summed E-state index contributed by atoms with van der Waals surface area (Å²) in [4.78, 5) is 34.5. The van der Waals surface area contributed by atoms with Gasteiger partial charge in [-0.15, -0.1) is 0 Å². The van der Waals surface area contributed by atoms with Crippen LogP contribution in [0.3, 0.4) is 0 Å². The summed E-state index contributed by atoms with van der Waals surface area (Å²) in [6.07, 6.45) is 5.12. The highest BCUT2D eigenvalue weighted by molar-refractivity contribution is 8.12. The molecule has 6 nitrogen and oxygen atoms in total. The van der Waals surface area contributed by atoms with E-state index >= 15 is 0 Å². The third kappa shape index (κ3) is 6.17. The molecule has 0 atom stereocenters. The standard InChI is InChI=1S/C15H18O6S/c1-19-14(17)12(15(18)20-2)7-3-4-8-13(16)22-10-11-6-5-9-21-11/h3-6,9,12H,7-8,10H2,1-2H3/b4-3+. The number of allylic oxidation sites excluding steroid dienone is 2. The predicted octanol–water partition coefficient (Wildman–Crippen LogP) is 2.34. The van der Waals surface area contributed by atoms with Crippen LogP contribution in [0.1, 0.15) is 18.6 Å². The van der Waals surface area contributed by atoms with Crippen molar-refractivity contribution in [1.29, 1.82) is 0 Å². The fourth-order valence-corrected chi connectivity index (χ4v) is 2.27. The zero-order valence-electron chi connectivity index (χ0n) is 12.4. The smallest absolute Gasteiger partial charge is 0.320 e. The number of ether oxygens (including phenoxy) is 2. The van der Waals surface area contributed by atoms with Gasteiger partial charge in [-0.2, -0.15) is 0 Å². The topological polar surface area (TPSA) is 82.8 Å². The molecule has 0 bridgehead atoms. The first kappa shape index (κ1) is 18.0. The van der Waals surface area contributed by atoms with E-state index < -0.39 is 17.9 Å². The number of furan rings is 1. The average Bonchev–Trinajstić information content (AvgIpc) is 3.05. The SMILES string of the molecule is COC(=O)C(C/C=C/CC(=O)SCc1ccco1)C(=O)OC. The van der Waals surface area contributed by atoms with Crippen molar-refractivity contribution in [2.45, 2.75) is 18.6 Å². The monoisotopic (exact) mass is 326 g/mol. The van der Waals surface area contributed by atoms with Crippen LogP contribution in [0.2, 0.25) is 0 Å². The Morgan fingerprint density at radius 3 is 2.45 bits per heavy atom. The summed E-state index contributed by atoms with van der Waals surface area (Å²) in [6, 6.07) is 3.56. The molecule has 1 aromatic heterocycles. The van der Waals surface area contributed by atoms with Crippen molar-refractivity contribution in [2.75, 3.05) is 14.2 Å². The zero-order chi connectivity index (χ0) is 16.4. The van der Waals surface area contributed by atoms with E-state index in [-0.39, 0.29) is 18.0 Å². The third-order valence-electron chi connectivity index (χ3n) is 2.75. The number of hydrogen-bond donors (Lipinski definition) is 0. The summed E-state index contributed by atoms with van der Waals surface area (Å²) in [5, 5.41) is -0.0275. The van der Waals surface area contributed by atoms with Crippen LogP contribution in [-0.2, 0) is 29.6 Å². The molecule has 7 heteroatoms. The van der Waals surface area contributed by atoms with Crippen molar-refractivity contribution in [2.24, 2.45) is 5.92 Å². The van der Waals surface area contributed by atoms with Gasteiger partial charge in [0.15, 0.2) is 11.0 Å². The van der Waals surface area contributed by atoms with E-state index in [1.807, 2.05) is 0 Å². The molecule has 0 unspecified atom stereocenters. The zero-order valence-corrected chi connectivity index (χ0v) is 13.3. The number of carbonyl (C=O) groups excluding carboxylic acids is 3. The number of carbonyl (C=O) groups is 3. The lowest BCUT2D eigenvalue weighted by Crippen LogP contribution is -2.25. The molecule has 0 radical (unpaired) electrons. The van der Waals surface area contributed by atoms with Crippen LogP contribution in [0, 0.1) is 5.92 Å². The predicted molar refractivity (Wildman–Crippen MR) is 80.9 cm³/mol. The normalized spacial score (nSPS) is 10.9. The van der Waals surface area contributed by atoms with Gasteiger partial charge in [0, 0.05) is 6.42 Å². The Kier molecular flexibility index (Phi) is 8.06. The molecule has 0 N–H and O–H groups in total. The molecule has 0 aliphatic carbocycles. The van der Waals surface area contributed by atoms with E-state index in [1.165, 1.54) is 14.2 Å². The minimum atomic E-state index is -1.00. The summed E-state index contributed by atoms with van der Waals surface area (Å²) >= 11 is 1.15. The summed E-state index contributed by atoms with van der Waals surface area (Å²) in [6.45, 7) is 0. The molecule has 1 heterocycles. The van der Waals surface area contributed by atoms with Crippen LogP contribution < -0.4 is 0 Å². The van der Waals surface area contributed by atoms with Gasteiger partial charge in [0.1, 0.15) is 5.76 Å². The largest absolute Gasteiger partial charge is 0.468 e. The molecule has 0 fully saturated rings. The lowest BCUT2D eigenvalue weighted by atomic mass is 10.1. The highest BCUT2D eigenvalue weighted by Crippen LogP contribution is 2.15. The maximum Gasteiger partial charge on any atom is 0.320 e. The fourth-order valence-electron chi connectivity index (χ4n) is 1.59. The second kappa shape index (κ2) is 9.83. The van der Waals surface area contributed by atoms with Crippen LogP contribution in [0.4, 0.5) is 0 Å². The van der Waals surface area contributed by atoms with Gasteiger partial charge in [0.2, 0.25) is 0 Å². The van der Waals surface area contributed by atoms with Gasteiger partial charge in [0.05, 0.1) is 26.2 Å². The van der Waals surface area contributed by atoms with Crippen LogP contribution in [0.25, 0.3) is 0 Å². The lowest BCUT2D eigenvalue weighted by molar-refractivity contribution is -0.158. The Bertz CT molecular complexity index is 504. The van der Waals surface area contributed by atoms with Gasteiger partial charge in [-0.1, -0.05) is 23.9 Å². The van der Waals surface area contributed by atoms with Crippen molar-refractivity contribution in [3.8, 4) is 0 Å². The third-order valence-corrected chi connectivity index (χ3v) is 3.67. The fraction of sp³-hybridized carbons (Fsp3) is 0.400. The summed E-state index contributed by atoms with van der Waals surface area (Å²) < 4.78 is 14.2. The van der Waals surface area contributed by atoms with E-state index in [2.05, 4.69) is 9.47 Å². The minimum absolute atomic E-state index is 0.0275. The number of esters is 2. The maximum atomic E-state index is 11.6. The molecule has 0 saturated carbocycles. The second-order valence-electron chi connectivity index (χ2n) is 4.25. The Morgan fingerprint density at radius 2 is 1.91 bits per heavy atom. The molecule has 22 heavy (non-hydrogen) atoms. The van der Waals surface area contributed by atoms with Crippen molar-refractivity contribution in [3.63, 3.8) is 0 Å². The van der Waals surface area contributed by atoms with E-state index in [4.69, 9.17) is 4.42 Å². The summed E-state index contributed by atoms with van der Waals surface area (Å²) in [7, 11) is 2.41. The number of thioether (sulfide) groups is 1. The highest BCUT2D eigenvalue weighted by Gasteiger charge is 2.27. The van der Waals surface area contributed by atoms with E-state index in [0.717, 1.165) is 17.5 Å². The minimum Gasteiger partial charge on any atom is -0.468 e. The first-order valence-electron chi connectivity index (χ1n) is 6.57. The highest BCUT2D eigenvalue weighted by atomic mass is 32.2. The van der Waals surface area contributed by atoms with Gasteiger partial charge >= 0.3 is 11.9 Å².